The van der Waals surface area contributed by atoms with Gasteiger partial charge in [0.05, 0.1) is 23.4 Å². The van der Waals surface area contributed by atoms with Gasteiger partial charge >= 0.3 is 0 Å². The summed E-state index contributed by atoms with van der Waals surface area (Å²) < 4.78 is 5.57. The van der Waals surface area contributed by atoms with Crippen LogP contribution in [-0.4, -0.2) is 17.5 Å². The van der Waals surface area contributed by atoms with Gasteiger partial charge in [-0.2, -0.15) is 0 Å². The Balaban J connectivity index is 1.74. The molecule has 3 aromatic rings. The molecular formula is C18H14N2O2S. The van der Waals surface area contributed by atoms with Gasteiger partial charge < -0.3 is 9.64 Å². The lowest BCUT2D eigenvalue weighted by atomic mass is 10.1. The van der Waals surface area contributed by atoms with Gasteiger partial charge in [-0.15, -0.1) is 11.3 Å². The Morgan fingerprint density at radius 1 is 1.17 bits per heavy atom. The number of anilines is 1. The van der Waals surface area contributed by atoms with E-state index in [2.05, 4.69) is 4.98 Å². The molecule has 0 saturated carbocycles. The van der Waals surface area contributed by atoms with Gasteiger partial charge in [-0.25, -0.2) is 4.98 Å². The molecule has 1 aliphatic rings. The van der Waals surface area contributed by atoms with E-state index >= 15 is 0 Å². The number of thiazole rings is 1. The van der Waals surface area contributed by atoms with Crippen molar-refractivity contribution in [3.63, 3.8) is 0 Å². The van der Waals surface area contributed by atoms with Crippen molar-refractivity contribution < 1.29 is 9.53 Å². The average molecular weight is 322 g/mol. The highest BCUT2D eigenvalue weighted by Crippen LogP contribution is 2.36. The molecule has 1 amide bonds. The molecule has 4 nitrogen and oxygen atoms in total. The minimum atomic E-state index is -0.0308. The summed E-state index contributed by atoms with van der Waals surface area (Å²) in [6.07, 6.45) is 0. The Hall–Kier alpha value is -2.66. The molecule has 1 aromatic heterocycles. The molecule has 0 radical (unpaired) electrons. The predicted molar refractivity (Wildman–Crippen MR) is 90.7 cm³/mol. The lowest BCUT2D eigenvalue weighted by Gasteiger charge is -2.29. The van der Waals surface area contributed by atoms with Crippen LogP contribution in [0.4, 0.5) is 5.69 Å². The minimum absolute atomic E-state index is 0.0308. The highest BCUT2D eigenvalue weighted by molar-refractivity contribution is 7.07. The Morgan fingerprint density at radius 3 is 2.83 bits per heavy atom. The van der Waals surface area contributed by atoms with Crippen molar-refractivity contribution in [2.24, 2.45) is 0 Å². The smallest absolute Gasteiger partial charge is 0.265 e. The second-order valence-corrected chi connectivity index (χ2v) is 6.03. The minimum Gasteiger partial charge on any atom is -0.482 e. The number of carbonyl (C=O) groups is 1. The maximum atomic E-state index is 12.3. The van der Waals surface area contributed by atoms with E-state index in [-0.39, 0.29) is 12.5 Å². The first-order valence-corrected chi connectivity index (χ1v) is 8.25. The van der Waals surface area contributed by atoms with Gasteiger partial charge in [0.2, 0.25) is 0 Å². The van der Waals surface area contributed by atoms with Crippen molar-refractivity contribution in [2.45, 2.75) is 6.54 Å². The molecule has 5 heteroatoms. The lowest BCUT2D eigenvalue weighted by Crippen LogP contribution is -2.38. The highest BCUT2D eigenvalue weighted by atomic mass is 32.1. The van der Waals surface area contributed by atoms with Gasteiger partial charge in [0.25, 0.3) is 5.91 Å². The fourth-order valence-electron chi connectivity index (χ4n) is 2.66. The molecule has 0 saturated heterocycles. The first-order valence-electron chi connectivity index (χ1n) is 7.31. The Labute approximate surface area is 138 Å². The Morgan fingerprint density at radius 2 is 2.04 bits per heavy atom. The molecule has 0 aliphatic carbocycles. The third-order valence-electron chi connectivity index (χ3n) is 3.81. The largest absolute Gasteiger partial charge is 0.482 e. The molecule has 0 N–H and O–H groups in total. The zero-order chi connectivity index (χ0) is 15.6. The number of ether oxygens (including phenoxy) is 1. The predicted octanol–water partition coefficient (Wildman–Crippen LogP) is 3.74. The standard InChI is InChI=1S/C18H14N2O2S/c21-18-10-22-17-7-6-14(15-11-23-12-19-15)8-16(17)20(18)9-13-4-2-1-3-5-13/h1-8,11-12H,9-10H2. The van der Waals surface area contributed by atoms with Crippen molar-refractivity contribution in [2.75, 3.05) is 11.5 Å². The Kier molecular flexibility index (Phi) is 3.55. The van der Waals surface area contributed by atoms with E-state index in [9.17, 15) is 4.79 Å². The molecule has 1 aliphatic heterocycles. The molecule has 4 rings (SSSR count). The first kappa shape index (κ1) is 14.0. The Bertz CT molecular complexity index is 831. The summed E-state index contributed by atoms with van der Waals surface area (Å²) in [5.41, 5.74) is 5.60. The fraction of sp³-hybridized carbons (Fsp3) is 0.111. The van der Waals surface area contributed by atoms with Crippen LogP contribution in [0.1, 0.15) is 5.56 Å². The van der Waals surface area contributed by atoms with Gasteiger partial charge in [-0.05, 0) is 23.8 Å². The van der Waals surface area contributed by atoms with Crippen LogP contribution in [0.25, 0.3) is 11.3 Å². The summed E-state index contributed by atoms with van der Waals surface area (Å²) in [5, 5.41) is 1.99. The number of nitrogens with zero attached hydrogens (tertiary/aromatic N) is 2. The number of fused-ring (bicyclic) bond motifs is 1. The topological polar surface area (TPSA) is 42.4 Å². The third kappa shape index (κ3) is 2.71. The quantitative estimate of drug-likeness (QED) is 0.738. The summed E-state index contributed by atoms with van der Waals surface area (Å²) in [5.74, 6) is 0.705. The number of hydrogen-bond acceptors (Lipinski definition) is 4. The van der Waals surface area contributed by atoms with Crippen molar-refractivity contribution in [1.82, 2.24) is 4.98 Å². The van der Waals surface area contributed by atoms with Crippen LogP contribution in [0.2, 0.25) is 0 Å². The van der Waals surface area contributed by atoms with Crippen molar-refractivity contribution in [1.29, 1.82) is 0 Å². The highest BCUT2D eigenvalue weighted by Gasteiger charge is 2.26. The maximum absolute atomic E-state index is 12.3. The normalized spacial score (nSPS) is 13.6. The summed E-state index contributed by atoms with van der Waals surface area (Å²) in [6.45, 7) is 0.617. The molecule has 0 fully saturated rings. The third-order valence-corrected chi connectivity index (χ3v) is 4.40. The summed E-state index contributed by atoms with van der Waals surface area (Å²) in [6, 6.07) is 15.8. The number of rotatable bonds is 3. The van der Waals surface area contributed by atoms with Gasteiger partial charge in [0, 0.05) is 10.9 Å². The number of carbonyl (C=O) groups excluding carboxylic acids is 1. The monoisotopic (exact) mass is 322 g/mol. The molecule has 23 heavy (non-hydrogen) atoms. The van der Waals surface area contributed by atoms with Crippen LogP contribution in [0.3, 0.4) is 0 Å². The lowest BCUT2D eigenvalue weighted by molar-refractivity contribution is -0.121. The second kappa shape index (κ2) is 5.85. The van der Waals surface area contributed by atoms with Crippen LogP contribution in [0.5, 0.6) is 5.75 Å². The van der Waals surface area contributed by atoms with Crippen molar-refractivity contribution >= 4 is 22.9 Å². The van der Waals surface area contributed by atoms with Crippen LogP contribution >= 0.6 is 11.3 Å². The number of hydrogen-bond donors (Lipinski definition) is 0. The van der Waals surface area contributed by atoms with E-state index in [1.54, 1.807) is 21.7 Å². The first-order chi connectivity index (χ1) is 11.3. The summed E-state index contributed by atoms with van der Waals surface area (Å²) in [7, 11) is 0. The zero-order valence-electron chi connectivity index (χ0n) is 12.3. The fourth-order valence-corrected chi connectivity index (χ4v) is 3.22. The number of aromatic nitrogens is 1. The van der Waals surface area contributed by atoms with Crippen LogP contribution < -0.4 is 9.64 Å². The molecule has 2 heterocycles. The van der Waals surface area contributed by atoms with E-state index < -0.39 is 0 Å². The van der Waals surface area contributed by atoms with E-state index in [0.29, 0.717) is 6.54 Å². The summed E-state index contributed by atoms with van der Waals surface area (Å²) >= 11 is 1.55. The van der Waals surface area contributed by atoms with Gasteiger partial charge in [-0.3, -0.25) is 4.79 Å². The van der Waals surface area contributed by atoms with E-state index in [1.807, 2.05) is 53.9 Å². The SMILES string of the molecule is O=C1COc2ccc(-c3cscn3)cc2N1Cc1ccccc1. The van der Waals surface area contributed by atoms with E-state index in [1.165, 1.54) is 0 Å². The van der Waals surface area contributed by atoms with Crippen molar-refractivity contribution in [3.8, 4) is 17.0 Å². The number of benzene rings is 2. The molecule has 0 spiro atoms. The molecular weight excluding hydrogens is 308 g/mol. The average Bonchev–Trinajstić information content (AvgIpc) is 3.13. The summed E-state index contributed by atoms with van der Waals surface area (Å²) in [4.78, 5) is 18.5. The molecule has 0 atom stereocenters. The van der Waals surface area contributed by atoms with Gasteiger partial charge in [0.15, 0.2) is 6.61 Å². The maximum Gasteiger partial charge on any atom is 0.265 e. The second-order valence-electron chi connectivity index (χ2n) is 5.31. The molecule has 2 aromatic carbocycles. The van der Waals surface area contributed by atoms with Gasteiger partial charge in [0.1, 0.15) is 5.75 Å². The van der Waals surface area contributed by atoms with E-state index in [4.69, 9.17) is 4.74 Å². The molecule has 114 valence electrons. The van der Waals surface area contributed by atoms with Crippen LogP contribution in [-0.2, 0) is 11.3 Å². The molecule has 0 unspecified atom stereocenters. The van der Waals surface area contributed by atoms with Gasteiger partial charge in [-0.1, -0.05) is 30.3 Å². The number of amides is 1. The zero-order valence-corrected chi connectivity index (χ0v) is 13.1. The van der Waals surface area contributed by atoms with Crippen LogP contribution in [0.15, 0.2) is 59.4 Å². The van der Waals surface area contributed by atoms with Crippen molar-refractivity contribution in [3.05, 3.63) is 65.0 Å². The van der Waals surface area contributed by atoms with Crippen LogP contribution in [0, 0.1) is 0 Å². The molecule has 0 bridgehead atoms. The van der Waals surface area contributed by atoms with E-state index in [0.717, 1.165) is 28.3 Å².